The third-order valence-corrected chi connectivity index (χ3v) is 2.71. The SMILES string of the molecule is CC(CCCC(F)(F)F)NCCCn1cccn1. The molecule has 1 heterocycles. The minimum atomic E-state index is -4.03. The standard InChI is InChI=1S/C12H20F3N3/c1-11(5-2-6-12(13,14)15)16-7-3-9-18-10-4-8-17-18/h4,8,10-11,16H,2-3,5-7,9H2,1H3. The Balaban J connectivity index is 1.98. The van der Waals surface area contributed by atoms with Crippen molar-refractivity contribution >= 4 is 0 Å². The van der Waals surface area contributed by atoms with E-state index in [2.05, 4.69) is 10.4 Å². The van der Waals surface area contributed by atoms with Crippen LogP contribution < -0.4 is 5.32 Å². The summed E-state index contributed by atoms with van der Waals surface area (Å²) in [5, 5.41) is 7.30. The third-order valence-electron chi connectivity index (χ3n) is 2.71. The lowest BCUT2D eigenvalue weighted by Crippen LogP contribution is -2.28. The third kappa shape index (κ3) is 7.32. The topological polar surface area (TPSA) is 29.9 Å². The molecule has 6 heteroatoms. The lowest BCUT2D eigenvalue weighted by atomic mass is 10.1. The van der Waals surface area contributed by atoms with Crippen molar-refractivity contribution in [1.29, 1.82) is 0 Å². The van der Waals surface area contributed by atoms with Gasteiger partial charge in [0.15, 0.2) is 0 Å². The van der Waals surface area contributed by atoms with Crippen molar-refractivity contribution in [2.75, 3.05) is 6.54 Å². The molecular weight excluding hydrogens is 243 g/mol. The highest BCUT2D eigenvalue weighted by molar-refractivity contribution is 4.77. The van der Waals surface area contributed by atoms with Gasteiger partial charge in [-0.05, 0) is 38.8 Å². The summed E-state index contributed by atoms with van der Waals surface area (Å²) in [6.45, 7) is 3.55. The Bertz CT molecular complexity index is 309. The molecule has 3 nitrogen and oxygen atoms in total. The number of hydrogen-bond donors (Lipinski definition) is 1. The summed E-state index contributed by atoms with van der Waals surface area (Å²) in [4.78, 5) is 0. The van der Waals surface area contributed by atoms with Crippen molar-refractivity contribution in [1.82, 2.24) is 15.1 Å². The number of hydrogen-bond acceptors (Lipinski definition) is 2. The Morgan fingerprint density at radius 2 is 2.11 bits per heavy atom. The number of halogens is 3. The molecule has 1 unspecified atom stereocenters. The highest BCUT2D eigenvalue weighted by atomic mass is 19.4. The minimum absolute atomic E-state index is 0.130. The second kappa shape index (κ2) is 7.41. The van der Waals surface area contributed by atoms with Crippen LogP contribution in [0.25, 0.3) is 0 Å². The van der Waals surface area contributed by atoms with Crippen molar-refractivity contribution in [2.24, 2.45) is 0 Å². The number of aromatic nitrogens is 2. The van der Waals surface area contributed by atoms with Crippen LogP contribution in [0.3, 0.4) is 0 Å². The zero-order valence-corrected chi connectivity index (χ0v) is 10.6. The van der Waals surface area contributed by atoms with Crippen molar-refractivity contribution < 1.29 is 13.2 Å². The van der Waals surface area contributed by atoms with E-state index in [-0.39, 0.29) is 12.5 Å². The van der Waals surface area contributed by atoms with E-state index in [9.17, 15) is 13.2 Å². The van der Waals surface area contributed by atoms with E-state index in [1.54, 1.807) is 6.20 Å². The van der Waals surface area contributed by atoms with Gasteiger partial charge in [0, 0.05) is 31.4 Å². The van der Waals surface area contributed by atoms with Crippen LogP contribution in [0.4, 0.5) is 13.2 Å². The molecule has 0 aliphatic carbocycles. The van der Waals surface area contributed by atoms with Gasteiger partial charge in [-0.3, -0.25) is 4.68 Å². The maximum atomic E-state index is 11.9. The van der Waals surface area contributed by atoms with Gasteiger partial charge in [-0.1, -0.05) is 0 Å². The molecule has 0 radical (unpaired) electrons. The molecule has 0 spiro atoms. The summed E-state index contributed by atoms with van der Waals surface area (Å²) in [6, 6.07) is 2.00. The first-order valence-corrected chi connectivity index (χ1v) is 6.25. The van der Waals surface area contributed by atoms with E-state index in [4.69, 9.17) is 0 Å². The molecule has 1 aromatic heterocycles. The molecule has 1 atom stereocenters. The average Bonchev–Trinajstić information content (AvgIpc) is 2.75. The highest BCUT2D eigenvalue weighted by Crippen LogP contribution is 2.22. The zero-order valence-electron chi connectivity index (χ0n) is 10.6. The lowest BCUT2D eigenvalue weighted by molar-refractivity contribution is -0.135. The average molecular weight is 263 g/mol. The predicted octanol–water partition coefficient (Wildman–Crippen LogP) is 2.98. The van der Waals surface area contributed by atoms with Gasteiger partial charge in [0.2, 0.25) is 0 Å². The minimum Gasteiger partial charge on any atom is -0.314 e. The van der Waals surface area contributed by atoms with Crippen LogP contribution in [0, 0.1) is 0 Å². The molecule has 104 valence electrons. The van der Waals surface area contributed by atoms with Crippen LogP contribution in [-0.4, -0.2) is 28.5 Å². The second-order valence-corrected chi connectivity index (χ2v) is 4.49. The van der Waals surface area contributed by atoms with E-state index < -0.39 is 12.6 Å². The van der Waals surface area contributed by atoms with Crippen LogP contribution >= 0.6 is 0 Å². The van der Waals surface area contributed by atoms with Crippen molar-refractivity contribution in [3.05, 3.63) is 18.5 Å². The summed E-state index contributed by atoms with van der Waals surface area (Å²) in [5.74, 6) is 0. The van der Waals surface area contributed by atoms with Crippen LogP contribution in [0.2, 0.25) is 0 Å². The van der Waals surface area contributed by atoms with Gasteiger partial charge in [0.25, 0.3) is 0 Å². The van der Waals surface area contributed by atoms with E-state index in [0.717, 1.165) is 19.5 Å². The Morgan fingerprint density at radius 3 is 2.72 bits per heavy atom. The fourth-order valence-electron chi connectivity index (χ4n) is 1.73. The molecule has 0 saturated heterocycles. The molecule has 1 rings (SSSR count). The highest BCUT2D eigenvalue weighted by Gasteiger charge is 2.26. The predicted molar refractivity (Wildman–Crippen MR) is 64.2 cm³/mol. The number of nitrogens with one attached hydrogen (secondary N) is 1. The summed E-state index contributed by atoms with van der Waals surface area (Å²) in [7, 11) is 0. The summed E-state index contributed by atoms with van der Waals surface area (Å²) in [5.41, 5.74) is 0. The van der Waals surface area contributed by atoms with Gasteiger partial charge < -0.3 is 5.32 Å². The fourth-order valence-corrected chi connectivity index (χ4v) is 1.73. The largest absolute Gasteiger partial charge is 0.389 e. The van der Waals surface area contributed by atoms with E-state index in [0.29, 0.717) is 6.42 Å². The molecule has 0 aliphatic heterocycles. The number of alkyl halides is 3. The summed E-state index contributed by atoms with van der Waals surface area (Å²) >= 11 is 0. The van der Waals surface area contributed by atoms with Gasteiger partial charge >= 0.3 is 6.18 Å². The van der Waals surface area contributed by atoms with Crippen LogP contribution in [0.1, 0.15) is 32.6 Å². The summed E-state index contributed by atoms with van der Waals surface area (Å²) < 4.78 is 37.7. The fraction of sp³-hybridized carbons (Fsp3) is 0.750. The smallest absolute Gasteiger partial charge is 0.314 e. The van der Waals surface area contributed by atoms with E-state index >= 15 is 0 Å². The Kier molecular flexibility index (Phi) is 6.18. The van der Waals surface area contributed by atoms with Crippen molar-refractivity contribution in [3.63, 3.8) is 0 Å². The molecule has 0 bridgehead atoms. The monoisotopic (exact) mass is 263 g/mol. The van der Waals surface area contributed by atoms with E-state index in [1.807, 2.05) is 23.9 Å². The van der Waals surface area contributed by atoms with Crippen LogP contribution in [0.15, 0.2) is 18.5 Å². The number of rotatable bonds is 8. The Morgan fingerprint density at radius 1 is 1.33 bits per heavy atom. The molecule has 0 aromatic carbocycles. The number of aryl methyl sites for hydroxylation is 1. The van der Waals surface area contributed by atoms with Crippen molar-refractivity contribution in [2.45, 2.75) is 51.4 Å². The van der Waals surface area contributed by atoms with Gasteiger partial charge in [-0.15, -0.1) is 0 Å². The van der Waals surface area contributed by atoms with Gasteiger partial charge in [0.05, 0.1) is 0 Å². The first kappa shape index (κ1) is 15.0. The zero-order chi connectivity index (χ0) is 13.4. The molecule has 18 heavy (non-hydrogen) atoms. The molecule has 0 aliphatic rings. The van der Waals surface area contributed by atoms with Crippen LogP contribution in [0.5, 0.6) is 0 Å². The first-order valence-electron chi connectivity index (χ1n) is 6.25. The maximum absolute atomic E-state index is 11.9. The van der Waals surface area contributed by atoms with Gasteiger partial charge in [-0.2, -0.15) is 18.3 Å². The van der Waals surface area contributed by atoms with Crippen LogP contribution in [-0.2, 0) is 6.54 Å². The van der Waals surface area contributed by atoms with E-state index in [1.165, 1.54) is 0 Å². The normalized spacial score (nSPS) is 13.8. The van der Waals surface area contributed by atoms with Gasteiger partial charge in [-0.25, -0.2) is 0 Å². The Labute approximate surface area is 105 Å². The van der Waals surface area contributed by atoms with Gasteiger partial charge in [0.1, 0.15) is 0 Å². The maximum Gasteiger partial charge on any atom is 0.389 e. The summed E-state index contributed by atoms with van der Waals surface area (Å²) in [6.07, 6.45) is 0.579. The molecule has 1 aromatic rings. The molecule has 0 amide bonds. The van der Waals surface area contributed by atoms with Crippen molar-refractivity contribution in [3.8, 4) is 0 Å². The second-order valence-electron chi connectivity index (χ2n) is 4.49. The molecule has 1 N–H and O–H groups in total. The molecular formula is C12H20F3N3. The number of nitrogens with zero attached hydrogens (tertiary/aromatic N) is 2. The Hall–Kier alpha value is -1.04. The lowest BCUT2D eigenvalue weighted by Gasteiger charge is -2.14. The molecule has 0 fully saturated rings. The quantitative estimate of drug-likeness (QED) is 0.731. The first-order chi connectivity index (χ1) is 8.47. The molecule has 0 saturated carbocycles.